The molecule has 0 heterocycles. The van der Waals surface area contributed by atoms with Gasteiger partial charge in [-0.15, -0.1) is 0 Å². The number of methoxy groups -OCH3 is 1. The summed E-state index contributed by atoms with van der Waals surface area (Å²) >= 11 is 0. The second kappa shape index (κ2) is 11.7. The molecule has 0 aromatic heterocycles. The monoisotopic (exact) mass is 560 g/mol. The molecule has 2 atom stereocenters. The van der Waals surface area contributed by atoms with Gasteiger partial charge >= 0.3 is 0 Å². The van der Waals surface area contributed by atoms with Crippen molar-refractivity contribution >= 4 is 11.6 Å². The van der Waals surface area contributed by atoms with Crippen LogP contribution in [0.4, 0.5) is 17.6 Å². The molecule has 5 rings (SSSR count). The van der Waals surface area contributed by atoms with Gasteiger partial charge in [-0.1, -0.05) is 54.1 Å². The Hall–Kier alpha value is -4.26. The van der Waals surface area contributed by atoms with Gasteiger partial charge in [0.15, 0.2) is 11.6 Å². The summed E-state index contributed by atoms with van der Waals surface area (Å²) in [5.74, 6) is -5.26. The van der Waals surface area contributed by atoms with Crippen LogP contribution >= 0.6 is 0 Å². The predicted molar refractivity (Wildman–Crippen MR) is 148 cm³/mol. The van der Waals surface area contributed by atoms with E-state index in [9.17, 15) is 27.2 Å². The lowest BCUT2D eigenvalue weighted by Gasteiger charge is -2.21. The number of hydrogen-bond acceptors (Lipinski definition) is 3. The molecule has 2 aliphatic carbocycles. The van der Waals surface area contributed by atoms with Gasteiger partial charge in [0.2, 0.25) is 0 Å². The Bertz CT molecular complexity index is 1590. The van der Waals surface area contributed by atoms with Gasteiger partial charge in [0, 0.05) is 35.1 Å². The van der Waals surface area contributed by atoms with Crippen molar-refractivity contribution in [2.24, 2.45) is 0 Å². The summed E-state index contributed by atoms with van der Waals surface area (Å²) in [4.78, 5) is 25.4. The largest absolute Gasteiger partial charge is 0.496 e. The van der Waals surface area contributed by atoms with E-state index in [1.54, 1.807) is 25.1 Å². The van der Waals surface area contributed by atoms with Gasteiger partial charge in [-0.05, 0) is 61.4 Å². The molecule has 2 unspecified atom stereocenters. The number of allylic oxidation sites excluding steroid dienone is 6. The van der Waals surface area contributed by atoms with Crippen molar-refractivity contribution in [3.8, 4) is 5.75 Å². The van der Waals surface area contributed by atoms with Crippen molar-refractivity contribution < 1.29 is 31.9 Å². The zero-order chi connectivity index (χ0) is 29.3. The summed E-state index contributed by atoms with van der Waals surface area (Å²) in [7, 11) is 1.53. The van der Waals surface area contributed by atoms with Crippen LogP contribution < -0.4 is 4.74 Å². The molecule has 0 saturated carbocycles. The Kier molecular flexibility index (Phi) is 8.06. The number of Topliss-reactive ketones (excluding diaryl/α,β-unsaturated/α-hetero) is 2. The summed E-state index contributed by atoms with van der Waals surface area (Å²) < 4.78 is 62.5. The molecule has 0 aliphatic heterocycles. The highest BCUT2D eigenvalue weighted by atomic mass is 19.1. The van der Waals surface area contributed by atoms with Gasteiger partial charge in [-0.2, -0.15) is 0 Å². The summed E-state index contributed by atoms with van der Waals surface area (Å²) in [6.45, 7) is 1.55. The molecule has 3 aromatic rings. The lowest BCUT2D eigenvalue weighted by Crippen LogP contribution is -2.14. The number of carbonyl (C=O) groups is 2. The third-order valence-corrected chi connectivity index (χ3v) is 7.85. The molecule has 0 bridgehead atoms. The molecular weight excluding hydrogens is 532 g/mol. The van der Waals surface area contributed by atoms with Gasteiger partial charge in [0.1, 0.15) is 29.0 Å². The maximum atomic E-state index is 14.7. The first kappa shape index (κ1) is 28.3. The first-order valence-electron chi connectivity index (χ1n) is 13.4. The number of benzene rings is 3. The molecule has 41 heavy (non-hydrogen) atoms. The Morgan fingerprint density at radius 2 is 1.61 bits per heavy atom. The van der Waals surface area contributed by atoms with Gasteiger partial charge in [-0.25, -0.2) is 17.6 Å². The van der Waals surface area contributed by atoms with E-state index in [2.05, 4.69) is 0 Å². The molecule has 0 saturated heterocycles. The van der Waals surface area contributed by atoms with Crippen LogP contribution in [0.3, 0.4) is 0 Å². The standard InChI is InChI=1S/C34H28F4O3/c1-19(39)23-9-7-20(14-23)6-8-22-4-3-5-27(34(22)41-2)28-15-24(21-10-12-25(35)13-11-21)16-29(28)33(40)32-30(37)17-26(36)18-31(32)38/h3-5,7,9-13,16-18,24,28H,6,8,14-15H2,1-2H3. The van der Waals surface area contributed by atoms with Gasteiger partial charge in [0.25, 0.3) is 0 Å². The Balaban J connectivity index is 1.50. The van der Waals surface area contributed by atoms with Gasteiger partial charge in [-0.3, -0.25) is 9.59 Å². The van der Waals surface area contributed by atoms with Crippen molar-refractivity contribution in [3.63, 3.8) is 0 Å². The molecule has 7 heteroatoms. The lowest BCUT2D eigenvalue weighted by atomic mass is 9.84. The number of aryl methyl sites for hydroxylation is 1. The van der Waals surface area contributed by atoms with Crippen LogP contribution in [0.2, 0.25) is 0 Å². The van der Waals surface area contributed by atoms with E-state index in [4.69, 9.17) is 4.74 Å². The van der Waals surface area contributed by atoms with E-state index in [1.165, 1.54) is 19.2 Å². The second-order valence-corrected chi connectivity index (χ2v) is 10.4. The minimum Gasteiger partial charge on any atom is -0.496 e. The third kappa shape index (κ3) is 5.80. The van der Waals surface area contributed by atoms with Crippen molar-refractivity contribution in [1.29, 1.82) is 0 Å². The highest BCUT2D eigenvalue weighted by Crippen LogP contribution is 2.48. The van der Waals surface area contributed by atoms with Gasteiger partial charge < -0.3 is 4.74 Å². The molecule has 0 amide bonds. The fourth-order valence-corrected chi connectivity index (χ4v) is 5.77. The Morgan fingerprint density at radius 1 is 0.902 bits per heavy atom. The number of ketones is 2. The summed E-state index contributed by atoms with van der Waals surface area (Å²) in [6.07, 6.45) is 7.77. The van der Waals surface area contributed by atoms with Gasteiger partial charge in [0.05, 0.1) is 12.7 Å². The van der Waals surface area contributed by atoms with E-state index in [0.29, 0.717) is 49.1 Å². The van der Waals surface area contributed by atoms with Crippen LogP contribution in [-0.2, 0) is 11.2 Å². The van der Waals surface area contributed by atoms with Crippen molar-refractivity contribution in [2.45, 2.75) is 44.4 Å². The van der Waals surface area contributed by atoms with Crippen LogP contribution in [0.15, 0.2) is 89.5 Å². The van der Waals surface area contributed by atoms with E-state index < -0.39 is 40.5 Å². The SMILES string of the molecule is COc1c(CCC2=CC=C(C(C)=O)C2)cccc1C1CC(c2ccc(F)cc2)C=C1C(=O)c1c(F)cc(F)cc1F. The molecule has 0 fully saturated rings. The average Bonchev–Trinajstić information content (AvgIpc) is 3.59. The number of para-hydroxylation sites is 1. The normalized spacial score (nSPS) is 18.1. The quantitative estimate of drug-likeness (QED) is 0.196. The van der Waals surface area contributed by atoms with Crippen LogP contribution in [0.1, 0.15) is 65.1 Å². The smallest absolute Gasteiger partial charge is 0.195 e. The van der Waals surface area contributed by atoms with Crippen molar-refractivity contribution in [3.05, 3.63) is 135 Å². The maximum absolute atomic E-state index is 14.7. The number of ether oxygens (including phenoxy) is 1. The number of hydrogen-bond donors (Lipinski definition) is 0. The third-order valence-electron chi connectivity index (χ3n) is 7.85. The van der Waals surface area contributed by atoms with E-state index >= 15 is 0 Å². The van der Waals surface area contributed by atoms with E-state index in [0.717, 1.165) is 22.3 Å². The lowest BCUT2D eigenvalue weighted by molar-refractivity contribution is -0.113. The zero-order valence-corrected chi connectivity index (χ0v) is 22.6. The fourth-order valence-electron chi connectivity index (χ4n) is 5.77. The highest BCUT2D eigenvalue weighted by molar-refractivity contribution is 6.10. The van der Waals surface area contributed by atoms with Crippen LogP contribution in [0.25, 0.3) is 0 Å². The van der Waals surface area contributed by atoms with E-state index in [1.807, 2.05) is 30.4 Å². The zero-order valence-electron chi connectivity index (χ0n) is 22.6. The molecule has 3 aromatic carbocycles. The van der Waals surface area contributed by atoms with Crippen molar-refractivity contribution in [2.75, 3.05) is 7.11 Å². The summed E-state index contributed by atoms with van der Waals surface area (Å²) in [5.41, 5.74) is 3.55. The minimum atomic E-state index is -1.28. The predicted octanol–water partition coefficient (Wildman–Crippen LogP) is 8.11. The molecular formula is C34H28F4O3. The van der Waals surface area contributed by atoms with Crippen LogP contribution in [0.5, 0.6) is 5.75 Å². The first-order valence-corrected chi connectivity index (χ1v) is 13.4. The second-order valence-electron chi connectivity index (χ2n) is 10.4. The topological polar surface area (TPSA) is 43.4 Å². The molecule has 210 valence electrons. The summed E-state index contributed by atoms with van der Waals surface area (Å²) in [5, 5.41) is 0. The average molecular weight is 561 g/mol. The number of carbonyl (C=O) groups excluding carboxylic acids is 2. The maximum Gasteiger partial charge on any atom is 0.195 e. The fraction of sp³-hybridized carbons (Fsp3) is 0.235. The molecule has 2 aliphatic rings. The van der Waals surface area contributed by atoms with Crippen LogP contribution in [-0.4, -0.2) is 18.7 Å². The summed E-state index contributed by atoms with van der Waals surface area (Å²) in [6, 6.07) is 12.5. The van der Waals surface area contributed by atoms with E-state index in [-0.39, 0.29) is 17.3 Å². The van der Waals surface area contributed by atoms with Crippen LogP contribution in [0, 0.1) is 23.3 Å². The Labute approximate surface area is 235 Å². The number of halogens is 4. The molecule has 0 spiro atoms. The first-order chi connectivity index (χ1) is 19.7. The van der Waals surface area contributed by atoms with Crippen molar-refractivity contribution in [1.82, 2.24) is 0 Å². The minimum absolute atomic E-state index is 0.0470. The highest BCUT2D eigenvalue weighted by Gasteiger charge is 2.37. The Morgan fingerprint density at radius 3 is 2.24 bits per heavy atom. The molecule has 0 N–H and O–H groups in total. The molecule has 0 radical (unpaired) electrons. The molecule has 3 nitrogen and oxygen atoms in total. The number of rotatable bonds is 9.